The second-order valence-corrected chi connectivity index (χ2v) is 4.99. The van der Waals surface area contributed by atoms with Gasteiger partial charge in [0.2, 0.25) is 5.95 Å². The maximum Gasteiger partial charge on any atom is 0.419 e. The minimum absolute atomic E-state index is 0. The van der Waals surface area contributed by atoms with Crippen LogP contribution in [0.3, 0.4) is 0 Å². The Morgan fingerprint density at radius 2 is 2.08 bits per heavy atom. The molecule has 2 heterocycles. The van der Waals surface area contributed by atoms with Gasteiger partial charge in [-0.05, 0) is 17.7 Å². The van der Waals surface area contributed by atoms with Crippen LogP contribution in [0.1, 0.15) is 11.1 Å². The second kappa shape index (κ2) is 6.63. The Morgan fingerprint density at radius 3 is 2.72 bits per heavy atom. The number of rotatable bonds is 3. The zero-order valence-corrected chi connectivity index (χ0v) is 13.6. The highest BCUT2D eigenvalue weighted by molar-refractivity contribution is 5.85. The van der Waals surface area contributed by atoms with Crippen molar-refractivity contribution in [2.75, 3.05) is 12.8 Å². The molecule has 0 aliphatic heterocycles. The first-order chi connectivity index (χ1) is 11.3. The van der Waals surface area contributed by atoms with Crippen molar-refractivity contribution in [1.82, 2.24) is 19.5 Å². The number of ether oxygens (including phenoxy) is 1. The first-order valence-corrected chi connectivity index (χ1v) is 6.74. The first-order valence-electron chi connectivity index (χ1n) is 6.74. The normalized spacial score (nSPS) is 11.4. The number of alkyl halides is 3. The molecule has 7 nitrogen and oxygen atoms in total. The predicted octanol–water partition coefficient (Wildman–Crippen LogP) is 2.20. The zero-order chi connectivity index (χ0) is 17.5. The number of H-pyrrole nitrogens is 1. The van der Waals surface area contributed by atoms with Crippen LogP contribution in [0, 0.1) is 0 Å². The van der Waals surface area contributed by atoms with Gasteiger partial charge in [0, 0.05) is 0 Å². The topological polar surface area (TPSA) is 98.8 Å². The number of benzene rings is 1. The van der Waals surface area contributed by atoms with E-state index in [-0.39, 0.29) is 47.4 Å². The quantitative estimate of drug-likeness (QED) is 0.731. The number of hydrogen-bond acceptors (Lipinski definition) is 5. The number of nitrogens with two attached hydrogens (primary N) is 1. The molecule has 0 saturated heterocycles. The van der Waals surface area contributed by atoms with Crippen molar-refractivity contribution < 1.29 is 17.9 Å². The van der Waals surface area contributed by atoms with E-state index in [1.165, 1.54) is 18.5 Å². The van der Waals surface area contributed by atoms with E-state index >= 15 is 0 Å². The van der Waals surface area contributed by atoms with Gasteiger partial charge < -0.3 is 15.5 Å². The Balaban J connectivity index is 0.00000225. The summed E-state index contributed by atoms with van der Waals surface area (Å²) in [6.07, 6.45) is -3.29. The Bertz CT molecular complexity index is 967. The largest absolute Gasteiger partial charge is 0.496 e. The molecule has 1 aromatic carbocycles. The molecule has 3 aromatic rings. The van der Waals surface area contributed by atoms with Crippen LogP contribution < -0.4 is 16.0 Å². The van der Waals surface area contributed by atoms with Gasteiger partial charge in [-0.15, -0.1) is 12.4 Å². The maximum atomic E-state index is 13.1. The molecule has 0 bridgehead atoms. The van der Waals surface area contributed by atoms with E-state index in [1.54, 1.807) is 0 Å². The van der Waals surface area contributed by atoms with Crippen LogP contribution >= 0.6 is 12.4 Å². The highest BCUT2D eigenvalue weighted by atomic mass is 35.5. The molecule has 0 fully saturated rings. The summed E-state index contributed by atoms with van der Waals surface area (Å²) in [6.45, 7) is -0.173. The third-order valence-electron chi connectivity index (χ3n) is 3.48. The Kier molecular flexibility index (Phi) is 4.93. The summed E-state index contributed by atoms with van der Waals surface area (Å²) in [5, 5.41) is 0. The van der Waals surface area contributed by atoms with E-state index in [4.69, 9.17) is 10.5 Å². The van der Waals surface area contributed by atoms with Gasteiger partial charge in [-0.25, -0.2) is 4.98 Å². The molecule has 3 N–H and O–H groups in total. The summed E-state index contributed by atoms with van der Waals surface area (Å²) in [6, 6.07) is 3.54. The molecule has 134 valence electrons. The number of halogens is 4. The van der Waals surface area contributed by atoms with Crippen LogP contribution in [0.15, 0.2) is 29.3 Å². The zero-order valence-electron chi connectivity index (χ0n) is 12.8. The number of methoxy groups -OCH3 is 1. The molecule has 0 atom stereocenters. The Labute approximate surface area is 145 Å². The molecule has 0 saturated carbocycles. The fraction of sp³-hybridized carbons (Fsp3) is 0.214. The molecule has 0 aliphatic carbocycles. The monoisotopic (exact) mass is 375 g/mol. The van der Waals surface area contributed by atoms with Crippen LogP contribution in [-0.4, -0.2) is 26.6 Å². The molecule has 25 heavy (non-hydrogen) atoms. The molecular weight excluding hydrogens is 363 g/mol. The number of fused-ring (bicyclic) bond motifs is 1. The van der Waals surface area contributed by atoms with Gasteiger partial charge in [0.25, 0.3) is 5.56 Å². The number of nitrogens with zero attached hydrogens (tertiary/aromatic N) is 3. The van der Waals surface area contributed by atoms with Crippen LogP contribution in [0.2, 0.25) is 0 Å². The van der Waals surface area contributed by atoms with E-state index in [2.05, 4.69) is 15.0 Å². The van der Waals surface area contributed by atoms with Crippen molar-refractivity contribution in [3.8, 4) is 5.75 Å². The van der Waals surface area contributed by atoms with Crippen molar-refractivity contribution in [2.24, 2.45) is 0 Å². The van der Waals surface area contributed by atoms with E-state index in [9.17, 15) is 18.0 Å². The first kappa shape index (κ1) is 18.6. The van der Waals surface area contributed by atoms with Crippen LogP contribution in [0.5, 0.6) is 5.75 Å². The highest BCUT2D eigenvalue weighted by Crippen LogP contribution is 2.36. The van der Waals surface area contributed by atoms with Gasteiger partial charge in [0.15, 0.2) is 11.2 Å². The van der Waals surface area contributed by atoms with Crippen molar-refractivity contribution >= 4 is 29.5 Å². The molecule has 0 aliphatic rings. The number of aromatic nitrogens is 4. The van der Waals surface area contributed by atoms with E-state index in [1.807, 2.05) is 0 Å². The lowest BCUT2D eigenvalue weighted by Gasteiger charge is -2.14. The summed E-state index contributed by atoms with van der Waals surface area (Å²) in [5.41, 5.74) is 4.78. The van der Waals surface area contributed by atoms with Crippen molar-refractivity contribution in [1.29, 1.82) is 0 Å². The summed E-state index contributed by atoms with van der Waals surface area (Å²) in [4.78, 5) is 22.8. The summed E-state index contributed by atoms with van der Waals surface area (Å²) >= 11 is 0. The highest BCUT2D eigenvalue weighted by Gasteiger charge is 2.34. The SMILES string of the molecule is COc1ccc(Cn2c(N)nc3[nH]cnc3c2=O)cc1C(F)(F)F.Cl. The Morgan fingerprint density at radius 1 is 1.36 bits per heavy atom. The molecular formula is C14H13ClF3N5O2. The van der Waals surface area contributed by atoms with Crippen molar-refractivity contribution in [3.63, 3.8) is 0 Å². The average molecular weight is 376 g/mol. The third kappa shape index (κ3) is 3.38. The van der Waals surface area contributed by atoms with Crippen LogP contribution in [0.4, 0.5) is 19.1 Å². The minimum Gasteiger partial charge on any atom is -0.496 e. The second-order valence-electron chi connectivity index (χ2n) is 4.99. The average Bonchev–Trinajstić information content (AvgIpc) is 2.98. The van der Waals surface area contributed by atoms with E-state index in [0.29, 0.717) is 0 Å². The minimum atomic E-state index is -4.58. The molecule has 2 aromatic heterocycles. The summed E-state index contributed by atoms with van der Waals surface area (Å²) in [7, 11) is 1.15. The van der Waals surface area contributed by atoms with Gasteiger partial charge in [-0.3, -0.25) is 9.36 Å². The summed E-state index contributed by atoms with van der Waals surface area (Å²) in [5.74, 6) is -0.423. The molecule has 0 amide bonds. The van der Waals surface area contributed by atoms with Crippen molar-refractivity contribution in [2.45, 2.75) is 12.7 Å². The molecule has 0 radical (unpaired) electrons. The van der Waals surface area contributed by atoms with E-state index < -0.39 is 17.3 Å². The lowest BCUT2D eigenvalue weighted by molar-refractivity contribution is -0.138. The van der Waals surface area contributed by atoms with E-state index in [0.717, 1.165) is 17.7 Å². The standard InChI is InChI=1S/C14H12F3N5O2.ClH/c1-24-9-3-2-7(4-8(9)14(15,16)17)5-22-12(23)10-11(20-6-19-10)21-13(22)18;/h2-4,6H,5H2,1H3,(H2,18,21)(H,19,20);1H. The predicted molar refractivity (Wildman–Crippen MR) is 86.9 cm³/mol. The van der Waals surface area contributed by atoms with Gasteiger partial charge >= 0.3 is 6.18 Å². The summed E-state index contributed by atoms with van der Waals surface area (Å²) < 4.78 is 45.0. The van der Waals surface area contributed by atoms with Gasteiger partial charge in [-0.2, -0.15) is 18.2 Å². The number of imidazole rings is 1. The van der Waals surface area contributed by atoms with Gasteiger partial charge in [0.1, 0.15) is 5.75 Å². The van der Waals surface area contributed by atoms with Crippen LogP contribution in [-0.2, 0) is 12.7 Å². The fourth-order valence-electron chi connectivity index (χ4n) is 2.35. The van der Waals surface area contributed by atoms with Gasteiger partial charge in [0.05, 0.1) is 25.5 Å². The lowest BCUT2D eigenvalue weighted by atomic mass is 10.1. The number of nitrogens with one attached hydrogen (secondary N) is 1. The number of hydrogen-bond donors (Lipinski definition) is 2. The lowest BCUT2D eigenvalue weighted by Crippen LogP contribution is -2.25. The smallest absolute Gasteiger partial charge is 0.419 e. The van der Waals surface area contributed by atoms with Gasteiger partial charge in [-0.1, -0.05) is 6.07 Å². The molecule has 0 spiro atoms. The number of nitrogen functional groups attached to an aromatic ring is 1. The fourth-order valence-corrected chi connectivity index (χ4v) is 2.35. The molecule has 3 rings (SSSR count). The maximum absolute atomic E-state index is 13.1. The third-order valence-corrected chi connectivity index (χ3v) is 3.48. The Hall–Kier alpha value is -2.75. The number of aromatic amines is 1. The van der Waals surface area contributed by atoms with Crippen molar-refractivity contribution in [3.05, 3.63) is 46.0 Å². The van der Waals surface area contributed by atoms with Crippen LogP contribution in [0.25, 0.3) is 11.2 Å². The molecule has 0 unspecified atom stereocenters. The molecule has 11 heteroatoms. The number of anilines is 1.